The molecule has 5 heteroatoms. The molecule has 0 radical (unpaired) electrons. The Morgan fingerprint density at radius 3 is 2.85 bits per heavy atom. The first-order valence-corrected chi connectivity index (χ1v) is 8.67. The molecule has 0 spiro atoms. The molecule has 0 saturated heterocycles. The molecule has 0 bridgehead atoms. The van der Waals surface area contributed by atoms with Crippen molar-refractivity contribution >= 4 is 28.3 Å². The van der Waals surface area contributed by atoms with E-state index in [1.165, 1.54) is 0 Å². The van der Waals surface area contributed by atoms with Crippen molar-refractivity contribution in [2.45, 2.75) is 25.7 Å². The number of hydrogen-bond donors (Lipinski definition) is 1. The van der Waals surface area contributed by atoms with Crippen LogP contribution >= 0.6 is 0 Å². The molecule has 1 heterocycles. The van der Waals surface area contributed by atoms with Gasteiger partial charge in [0.05, 0.1) is 7.11 Å². The fraction of sp³-hybridized carbons (Fsp3) is 0.238. The van der Waals surface area contributed by atoms with Crippen molar-refractivity contribution in [2.75, 3.05) is 12.4 Å². The Hall–Kier alpha value is -3.08. The molecule has 1 N–H and O–H groups in total. The Kier molecular flexibility index (Phi) is 4.21. The van der Waals surface area contributed by atoms with Gasteiger partial charge in [-0.25, -0.2) is 4.98 Å². The second kappa shape index (κ2) is 6.67. The Balaban J connectivity index is 1.52. The number of aromatic nitrogens is 1. The van der Waals surface area contributed by atoms with E-state index in [-0.39, 0.29) is 5.91 Å². The first-order valence-electron chi connectivity index (χ1n) is 8.67. The van der Waals surface area contributed by atoms with E-state index in [2.05, 4.69) is 10.3 Å². The van der Waals surface area contributed by atoms with Gasteiger partial charge >= 0.3 is 0 Å². The van der Waals surface area contributed by atoms with Crippen molar-refractivity contribution < 1.29 is 13.9 Å². The van der Waals surface area contributed by atoms with Gasteiger partial charge in [0, 0.05) is 23.2 Å². The predicted octanol–water partition coefficient (Wildman–Crippen LogP) is 4.76. The van der Waals surface area contributed by atoms with Gasteiger partial charge in [-0.1, -0.05) is 18.2 Å². The van der Waals surface area contributed by atoms with Gasteiger partial charge in [-0.3, -0.25) is 4.79 Å². The van der Waals surface area contributed by atoms with Crippen LogP contribution < -0.4 is 10.1 Å². The lowest BCUT2D eigenvalue weighted by Gasteiger charge is -2.08. The fourth-order valence-corrected chi connectivity index (χ4v) is 2.95. The fourth-order valence-electron chi connectivity index (χ4n) is 2.95. The number of carbonyl (C=O) groups excluding carboxylic acids is 1. The first kappa shape index (κ1) is 16.4. The Morgan fingerprint density at radius 1 is 1.27 bits per heavy atom. The lowest BCUT2D eigenvalue weighted by atomic mass is 10.1. The van der Waals surface area contributed by atoms with Crippen LogP contribution in [0.25, 0.3) is 16.7 Å². The summed E-state index contributed by atoms with van der Waals surface area (Å²) < 4.78 is 11.1. The number of hydrogen-bond acceptors (Lipinski definition) is 4. The number of carbonyl (C=O) groups is 1. The summed E-state index contributed by atoms with van der Waals surface area (Å²) in [6.07, 6.45) is 3.85. The van der Waals surface area contributed by atoms with E-state index in [4.69, 9.17) is 9.15 Å². The van der Waals surface area contributed by atoms with Gasteiger partial charge in [0.25, 0.3) is 0 Å². The molecule has 1 amide bonds. The number of para-hydroxylation sites is 1. The third kappa shape index (κ3) is 3.33. The maximum Gasteiger partial charge on any atom is 0.248 e. The zero-order chi connectivity index (χ0) is 18.1. The van der Waals surface area contributed by atoms with Crippen molar-refractivity contribution in [1.29, 1.82) is 0 Å². The van der Waals surface area contributed by atoms with Gasteiger partial charge in [-0.05, 0) is 49.6 Å². The molecule has 1 fully saturated rings. The quantitative estimate of drug-likeness (QED) is 0.676. The summed E-state index contributed by atoms with van der Waals surface area (Å²) in [7, 11) is 1.62. The number of amides is 1. The van der Waals surface area contributed by atoms with E-state index < -0.39 is 0 Å². The summed E-state index contributed by atoms with van der Waals surface area (Å²) in [5.74, 6) is 1.81. The van der Waals surface area contributed by atoms with Crippen LogP contribution in [0, 0.1) is 0 Å². The molecule has 0 aliphatic heterocycles. The molecule has 1 aliphatic carbocycles. The number of rotatable bonds is 5. The van der Waals surface area contributed by atoms with E-state index in [1.807, 2.05) is 49.4 Å². The van der Waals surface area contributed by atoms with Crippen LogP contribution in [0.1, 0.15) is 37.1 Å². The molecule has 1 aromatic heterocycles. The molecule has 0 atom stereocenters. The van der Waals surface area contributed by atoms with Gasteiger partial charge in [0.15, 0.2) is 11.5 Å². The minimum atomic E-state index is -0.196. The van der Waals surface area contributed by atoms with Crippen molar-refractivity contribution in [3.63, 3.8) is 0 Å². The molecule has 0 unspecified atom stereocenters. The SMILES string of the molecule is COc1ccccc1/C(C)=C/C(=O)Nc1ccc2oc(C3CC3)nc2c1. The van der Waals surface area contributed by atoms with Crippen molar-refractivity contribution in [3.05, 3.63) is 60.0 Å². The number of ether oxygens (including phenoxy) is 1. The highest BCUT2D eigenvalue weighted by molar-refractivity contribution is 6.04. The van der Waals surface area contributed by atoms with Crippen LogP contribution in [-0.4, -0.2) is 18.0 Å². The average molecular weight is 348 g/mol. The predicted molar refractivity (Wildman–Crippen MR) is 101 cm³/mol. The summed E-state index contributed by atoms with van der Waals surface area (Å²) in [6.45, 7) is 1.89. The lowest BCUT2D eigenvalue weighted by molar-refractivity contribution is -0.111. The lowest BCUT2D eigenvalue weighted by Crippen LogP contribution is -2.08. The molecule has 4 rings (SSSR count). The van der Waals surface area contributed by atoms with Gasteiger partial charge in [-0.2, -0.15) is 0 Å². The second-order valence-electron chi connectivity index (χ2n) is 6.53. The number of oxazole rings is 1. The van der Waals surface area contributed by atoms with Crippen LogP contribution in [0.3, 0.4) is 0 Å². The van der Waals surface area contributed by atoms with Crippen LogP contribution in [0.4, 0.5) is 5.69 Å². The first-order chi connectivity index (χ1) is 12.6. The van der Waals surface area contributed by atoms with E-state index in [0.717, 1.165) is 46.7 Å². The molecule has 26 heavy (non-hydrogen) atoms. The van der Waals surface area contributed by atoms with E-state index in [9.17, 15) is 4.79 Å². The third-order valence-corrected chi connectivity index (χ3v) is 4.48. The summed E-state index contributed by atoms with van der Waals surface area (Å²) >= 11 is 0. The van der Waals surface area contributed by atoms with E-state index >= 15 is 0 Å². The van der Waals surface area contributed by atoms with Crippen molar-refractivity contribution in [3.8, 4) is 5.75 Å². The Labute approximate surface area is 151 Å². The van der Waals surface area contributed by atoms with Crippen LogP contribution in [0.2, 0.25) is 0 Å². The van der Waals surface area contributed by atoms with Crippen LogP contribution in [0.15, 0.2) is 53.0 Å². The van der Waals surface area contributed by atoms with Gasteiger partial charge in [0.1, 0.15) is 11.3 Å². The minimum absolute atomic E-state index is 0.196. The molecule has 1 aliphatic rings. The molecule has 5 nitrogen and oxygen atoms in total. The maximum atomic E-state index is 12.4. The highest BCUT2D eigenvalue weighted by atomic mass is 16.5. The number of anilines is 1. The number of nitrogens with one attached hydrogen (secondary N) is 1. The van der Waals surface area contributed by atoms with Crippen molar-refractivity contribution in [2.24, 2.45) is 0 Å². The van der Waals surface area contributed by atoms with E-state index in [0.29, 0.717) is 11.6 Å². The minimum Gasteiger partial charge on any atom is -0.496 e. The topological polar surface area (TPSA) is 64.4 Å². The number of allylic oxidation sites excluding steroid dienone is 1. The molecule has 2 aromatic carbocycles. The number of fused-ring (bicyclic) bond motifs is 1. The zero-order valence-corrected chi connectivity index (χ0v) is 14.8. The third-order valence-electron chi connectivity index (χ3n) is 4.48. The Morgan fingerprint density at radius 2 is 2.08 bits per heavy atom. The molecule has 132 valence electrons. The van der Waals surface area contributed by atoms with Gasteiger partial charge in [0.2, 0.25) is 5.91 Å². The van der Waals surface area contributed by atoms with Crippen LogP contribution in [0.5, 0.6) is 5.75 Å². The van der Waals surface area contributed by atoms with Crippen LogP contribution in [-0.2, 0) is 4.79 Å². The normalized spacial score (nSPS) is 14.5. The highest BCUT2D eigenvalue weighted by Crippen LogP contribution is 2.40. The molecule has 3 aromatic rings. The highest BCUT2D eigenvalue weighted by Gasteiger charge is 2.28. The molecular formula is C21H20N2O3. The maximum absolute atomic E-state index is 12.4. The molecule has 1 saturated carbocycles. The van der Waals surface area contributed by atoms with Gasteiger partial charge in [-0.15, -0.1) is 0 Å². The Bertz CT molecular complexity index is 999. The largest absolute Gasteiger partial charge is 0.496 e. The summed E-state index contributed by atoms with van der Waals surface area (Å²) in [5.41, 5.74) is 3.95. The average Bonchev–Trinajstić information content (AvgIpc) is 3.41. The zero-order valence-electron chi connectivity index (χ0n) is 14.8. The smallest absolute Gasteiger partial charge is 0.248 e. The van der Waals surface area contributed by atoms with Gasteiger partial charge < -0.3 is 14.5 Å². The van der Waals surface area contributed by atoms with Crippen molar-refractivity contribution in [1.82, 2.24) is 4.98 Å². The second-order valence-corrected chi connectivity index (χ2v) is 6.53. The molecular weight excluding hydrogens is 328 g/mol. The number of methoxy groups -OCH3 is 1. The number of nitrogens with zero attached hydrogens (tertiary/aromatic N) is 1. The summed E-state index contributed by atoms with van der Waals surface area (Å²) in [4.78, 5) is 16.9. The summed E-state index contributed by atoms with van der Waals surface area (Å²) in [6, 6.07) is 13.1. The monoisotopic (exact) mass is 348 g/mol. The summed E-state index contributed by atoms with van der Waals surface area (Å²) in [5, 5.41) is 2.89. The standard InChI is InChI=1S/C21H20N2O3/c1-13(16-5-3-4-6-18(16)25-2)11-20(24)22-15-9-10-19-17(12-15)23-21(26-19)14-7-8-14/h3-6,9-12,14H,7-8H2,1-2H3,(H,22,24)/b13-11+. The van der Waals surface area contributed by atoms with E-state index in [1.54, 1.807) is 13.2 Å². The number of benzene rings is 2.